The molecular weight excluding hydrogens is 266 g/mol. The molecule has 0 aromatic heterocycles. The van der Waals surface area contributed by atoms with Crippen LogP contribution in [0.5, 0.6) is 0 Å². The minimum atomic E-state index is 0.0813. The van der Waals surface area contributed by atoms with Crippen LogP contribution in [0.2, 0.25) is 0 Å². The van der Waals surface area contributed by atoms with Crippen LogP contribution >= 0.6 is 11.8 Å². The minimum Gasteiger partial charge on any atom is -0.352 e. The highest BCUT2D eigenvalue weighted by Gasteiger charge is 2.29. The van der Waals surface area contributed by atoms with E-state index in [1.165, 1.54) is 42.6 Å². The van der Waals surface area contributed by atoms with E-state index >= 15 is 0 Å². The van der Waals surface area contributed by atoms with Crippen molar-refractivity contribution in [3.63, 3.8) is 0 Å². The van der Waals surface area contributed by atoms with Crippen LogP contribution in [0.4, 0.5) is 0 Å². The van der Waals surface area contributed by atoms with E-state index < -0.39 is 0 Å². The van der Waals surface area contributed by atoms with E-state index in [0.29, 0.717) is 6.04 Å². The molecule has 1 fully saturated rings. The predicted octanol–water partition coefficient (Wildman–Crippen LogP) is 3.93. The molecule has 0 spiro atoms. The molecule has 3 heteroatoms. The molecule has 1 atom stereocenters. The lowest BCUT2D eigenvalue weighted by Crippen LogP contribution is -2.40. The number of hydrogen-bond donors (Lipinski definition) is 1. The van der Waals surface area contributed by atoms with Crippen molar-refractivity contribution in [3.8, 4) is 0 Å². The van der Waals surface area contributed by atoms with Crippen molar-refractivity contribution in [2.24, 2.45) is 0 Å². The van der Waals surface area contributed by atoms with Crippen LogP contribution in [0, 0.1) is 0 Å². The average Bonchev–Trinajstić information content (AvgIpc) is 2.85. The number of carbonyl (C=O) groups excluding carboxylic acids is 1. The van der Waals surface area contributed by atoms with Gasteiger partial charge < -0.3 is 5.32 Å². The van der Waals surface area contributed by atoms with Crippen LogP contribution in [0.3, 0.4) is 0 Å². The fourth-order valence-corrected chi connectivity index (χ4v) is 4.43. The molecule has 1 aliphatic carbocycles. The molecule has 1 aliphatic heterocycles. The van der Waals surface area contributed by atoms with Crippen molar-refractivity contribution in [1.82, 2.24) is 5.32 Å². The minimum absolute atomic E-state index is 0.0813. The first-order chi connectivity index (χ1) is 9.83. The third-order valence-corrected chi connectivity index (χ3v) is 5.71. The average molecular weight is 289 g/mol. The Morgan fingerprint density at radius 2 is 1.75 bits per heavy atom. The summed E-state index contributed by atoms with van der Waals surface area (Å²) in [6.07, 6.45) is 9.78. The monoisotopic (exact) mass is 289 g/mol. The molecule has 0 bridgehead atoms. The first kappa shape index (κ1) is 14.0. The van der Waals surface area contributed by atoms with Gasteiger partial charge in [-0.3, -0.25) is 4.79 Å². The van der Waals surface area contributed by atoms with Crippen LogP contribution in [0.1, 0.15) is 50.5 Å². The molecule has 2 aliphatic rings. The van der Waals surface area contributed by atoms with Crippen molar-refractivity contribution in [3.05, 3.63) is 29.8 Å². The maximum atomic E-state index is 12.4. The second-order valence-corrected chi connectivity index (χ2v) is 7.21. The van der Waals surface area contributed by atoms with Crippen molar-refractivity contribution in [1.29, 1.82) is 0 Å². The van der Waals surface area contributed by atoms with E-state index in [9.17, 15) is 4.79 Å². The summed E-state index contributed by atoms with van der Waals surface area (Å²) in [5.74, 6) is 0.247. The quantitative estimate of drug-likeness (QED) is 0.893. The number of nitrogens with one attached hydrogen (secondary N) is 1. The van der Waals surface area contributed by atoms with Gasteiger partial charge in [-0.2, -0.15) is 0 Å². The summed E-state index contributed by atoms with van der Waals surface area (Å²) < 4.78 is 0. The summed E-state index contributed by atoms with van der Waals surface area (Å²) in [7, 11) is 0. The van der Waals surface area contributed by atoms with Gasteiger partial charge in [0.15, 0.2) is 0 Å². The van der Waals surface area contributed by atoms with Crippen LogP contribution in [0.25, 0.3) is 0 Å². The van der Waals surface area contributed by atoms with E-state index in [0.717, 1.165) is 19.3 Å². The standard InChI is InChI=1S/C17H23NOS/c19-17(18-14-9-4-2-1-3-5-10-14)16-12-13-8-6-7-11-15(13)20-16/h6-8,11,14,16H,1-5,9-10,12H2,(H,18,19). The van der Waals surface area contributed by atoms with Gasteiger partial charge in [0, 0.05) is 10.9 Å². The second kappa shape index (κ2) is 6.66. The third kappa shape index (κ3) is 3.38. The largest absolute Gasteiger partial charge is 0.352 e. The first-order valence-corrected chi connectivity index (χ1v) is 8.76. The van der Waals surface area contributed by atoms with E-state index in [4.69, 9.17) is 0 Å². The summed E-state index contributed by atoms with van der Waals surface area (Å²) in [6.45, 7) is 0. The van der Waals surface area contributed by atoms with Gasteiger partial charge in [0.05, 0.1) is 5.25 Å². The summed E-state index contributed by atoms with van der Waals surface area (Å²) >= 11 is 1.73. The first-order valence-electron chi connectivity index (χ1n) is 7.88. The zero-order valence-electron chi connectivity index (χ0n) is 11.9. The van der Waals surface area contributed by atoms with Crippen LogP contribution in [-0.2, 0) is 11.2 Å². The Bertz CT molecular complexity index is 441. The highest BCUT2D eigenvalue weighted by atomic mass is 32.2. The molecular formula is C17H23NOS. The molecule has 1 saturated carbocycles. The van der Waals surface area contributed by atoms with Gasteiger partial charge in [0.1, 0.15) is 0 Å². The third-order valence-electron chi connectivity index (χ3n) is 4.39. The highest BCUT2D eigenvalue weighted by Crippen LogP contribution is 2.36. The molecule has 20 heavy (non-hydrogen) atoms. The van der Waals surface area contributed by atoms with Crippen molar-refractivity contribution < 1.29 is 4.79 Å². The zero-order valence-corrected chi connectivity index (χ0v) is 12.8. The number of rotatable bonds is 2. The van der Waals surface area contributed by atoms with Crippen molar-refractivity contribution in [2.45, 2.75) is 67.6 Å². The van der Waals surface area contributed by atoms with E-state index in [-0.39, 0.29) is 11.2 Å². The molecule has 1 unspecified atom stereocenters. The zero-order chi connectivity index (χ0) is 13.8. The van der Waals surface area contributed by atoms with Gasteiger partial charge in [0.2, 0.25) is 5.91 Å². The smallest absolute Gasteiger partial charge is 0.234 e. The van der Waals surface area contributed by atoms with Crippen molar-refractivity contribution >= 4 is 17.7 Å². The number of carbonyl (C=O) groups is 1. The summed E-state index contributed by atoms with van der Waals surface area (Å²) in [5, 5.41) is 3.38. The summed E-state index contributed by atoms with van der Waals surface area (Å²) in [6, 6.07) is 8.80. The van der Waals surface area contributed by atoms with Gasteiger partial charge in [-0.25, -0.2) is 0 Å². The fraction of sp³-hybridized carbons (Fsp3) is 0.588. The topological polar surface area (TPSA) is 29.1 Å². The fourth-order valence-electron chi connectivity index (χ4n) is 3.22. The van der Waals surface area contributed by atoms with Crippen LogP contribution in [-0.4, -0.2) is 17.2 Å². The molecule has 108 valence electrons. The Balaban J connectivity index is 1.55. The lowest BCUT2D eigenvalue weighted by Gasteiger charge is -2.22. The van der Waals surface area contributed by atoms with E-state index in [1.54, 1.807) is 11.8 Å². The molecule has 2 nitrogen and oxygen atoms in total. The van der Waals surface area contributed by atoms with Gasteiger partial charge >= 0.3 is 0 Å². The Hall–Kier alpha value is -0.960. The lowest BCUT2D eigenvalue weighted by atomic mass is 9.96. The maximum absolute atomic E-state index is 12.4. The molecule has 1 amide bonds. The molecule has 1 heterocycles. The van der Waals surface area contributed by atoms with E-state index in [2.05, 4.69) is 29.6 Å². The maximum Gasteiger partial charge on any atom is 0.234 e. The molecule has 0 saturated heterocycles. The number of amides is 1. The Morgan fingerprint density at radius 3 is 2.50 bits per heavy atom. The summed E-state index contributed by atoms with van der Waals surface area (Å²) in [5.41, 5.74) is 1.33. The van der Waals surface area contributed by atoms with Gasteiger partial charge in [-0.05, 0) is 30.9 Å². The second-order valence-electron chi connectivity index (χ2n) is 5.97. The van der Waals surface area contributed by atoms with Crippen molar-refractivity contribution in [2.75, 3.05) is 0 Å². The normalized spacial score (nSPS) is 23.7. The highest BCUT2D eigenvalue weighted by molar-refractivity contribution is 8.01. The molecule has 3 rings (SSSR count). The Kier molecular flexibility index (Phi) is 4.66. The number of fused-ring (bicyclic) bond motifs is 1. The molecule has 1 aromatic rings. The number of hydrogen-bond acceptors (Lipinski definition) is 2. The van der Waals surface area contributed by atoms with E-state index in [1.807, 2.05) is 0 Å². The SMILES string of the molecule is O=C(NC1CCCCCCC1)C1Cc2ccccc2S1. The predicted molar refractivity (Wildman–Crippen MR) is 84.0 cm³/mol. The Labute approximate surface area is 125 Å². The lowest BCUT2D eigenvalue weighted by molar-refractivity contribution is -0.121. The van der Waals surface area contributed by atoms with Gasteiger partial charge in [-0.1, -0.05) is 50.3 Å². The van der Waals surface area contributed by atoms with Gasteiger partial charge in [-0.15, -0.1) is 11.8 Å². The van der Waals surface area contributed by atoms with Crippen LogP contribution < -0.4 is 5.32 Å². The van der Waals surface area contributed by atoms with Gasteiger partial charge in [0.25, 0.3) is 0 Å². The molecule has 1 N–H and O–H groups in total. The Morgan fingerprint density at radius 1 is 1.05 bits per heavy atom. The number of thioether (sulfide) groups is 1. The molecule has 1 aromatic carbocycles. The van der Waals surface area contributed by atoms with Crippen LogP contribution in [0.15, 0.2) is 29.2 Å². The molecule has 0 radical (unpaired) electrons. The summed E-state index contributed by atoms with van der Waals surface area (Å²) in [4.78, 5) is 13.7. The number of benzene rings is 1.